The largest absolute Gasteiger partial charge is 0.401 e. The van der Waals surface area contributed by atoms with Crippen molar-refractivity contribution in [1.82, 2.24) is 14.9 Å². The summed E-state index contributed by atoms with van der Waals surface area (Å²) in [5.74, 6) is -0.639. The molecule has 3 heterocycles. The molecule has 4 rings (SSSR count). The van der Waals surface area contributed by atoms with Gasteiger partial charge in [-0.3, -0.25) is 9.88 Å². The summed E-state index contributed by atoms with van der Waals surface area (Å²) in [6.45, 7) is 0.602. The van der Waals surface area contributed by atoms with Crippen molar-refractivity contribution in [3.8, 4) is 0 Å². The summed E-state index contributed by atoms with van der Waals surface area (Å²) in [5.41, 5.74) is 2.31. The van der Waals surface area contributed by atoms with Crippen LogP contribution in [0.15, 0.2) is 41.0 Å². The molecule has 0 saturated carbocycles. The van der Waals surface area contributed by atoms with E-state index in [0.717, 1.165) is 16.5 Å². The van der Waals surface area contributed by atoms with E-state index in [1.165, 1.54) is 17.2 Å². The molecule has 2 atom stereocenters. The summed E-state index contributed by atoms with van der Waals surface area (Å²) in [7, 11) is 0. The Morgan fingerprint density at radius 1 is 1.30 bits per heavy atom. The minimum absolute atomic E-state index is 0.0122. The van der Waals surface area contributed by atoms with Gasteiger partial charge in [-0.05, 0) is 47.0 Å². The molecular formula is C19H16BrF4N3. The summed E-state index contributed by atoms with van der Waals surface area (Å²) >= 11 is 3.15. The van der Waals surface area contributed by atoms with Crippen LogP contribution in [0.3, 0.4) is 0 Å². The normalized spacial score (nSPS) is 20.8. The Hall–Kier alpha value is -1.93. The first-order valence-electron chi connectivity index (χ1n) is 8.47. The first kappa shape index (κ1) is 18.4. The number of hydrogen-bond donors (Lipinski definition) is 1. The molecule has 1 aromatic carbocycles. The molecule has 142 valence electrons. The Bertz CT molecular complexity index is 998. The number of alkyl halides is 3. The average molecular weight is 442 g/mol. The molecule has 0 radical (unpaired) electrons. The molecule has 1 N–H and O–H groups in total. The third-order valence-corrected chi connectivity index (χ3v) is 5.41. The molecule has 0 bridgehead atoms. The maximum Gasteiger partial charge on any atom is 0.401 e. The fourth-order valence-electron chi connectivity index (χ4n) is 3.88. The fraction of sp³-hybridized carbons (Fsp3) is 0.316. The van der Waals surface area contributed by atoms with Crippen LogP contribution in [0.2, 0.25) is 0 Å². The quantitative estimate of drug-likeness (QED) is 0.542. The number of halogens is 5. The van der Waals surface area contributed by atoms with E-state index in [1.807, 2.05) is 24.3 Å². The van der Waals surface area contributed by atoms with E-state index in [4.69, 9.17) is 0 Å². The molecule has 3 nitrogen and oxygen atoms in total. The molecule has 0 unspecified atom stereocenters. The van der Waals surface area contributed by atoms with Gasteiger partial charge < -0.3 is 4.98 Å². The minimum atomic E-state index is -4.40. The zero-order valence-electron chi connectivity index (χ0n) is 14.3. The van der Waals surface area contributed by atoms with Crippen LogP contribution < -0.4 is 0 Å². The van der Waals surface area contributed by atoms with Gasteiger partial charge in [0.15, 0.2) is 0 Å². The van der Waals surface area contributed by atoms with Crippen LogP contribution in [0.25, 0.3) is 10.9 Å². The first-order valence-corrected chi connectivity index (χ1v) is 9.27. The highest BCUT2D eigenvalue weighted by Gasteiger charge is 2.43. The van der Waals surface area contributed by atoms with Gasteiger partial charge in [-0.1, -0.05) is 18.2 Å². The van der Waals surface area contributed by atoms with Crippen molar-refractivity contribution in [2.24, 2.45) is 0 Å². The second-order valence-corrected chi connectivity index (χ2v) is 7.74. The minimum Gasteiger partial charge on any atom is -0.357 e. The molecule has 27 heavy (non-hydrogen) atoms. The van der Waals surface area contributed by atoms with Crippen LogP contribution in [0.1, 0.15) is 29.9 Å². The van der Waals surface area contributed by atoms with E-state index in [-0.39, 0.29) is 5.69 Å². The zero-order valence-corrected chi connectivity index (χ0v) is 15.9. The molecule has 8 heteroatoms. The van der Waals surface area contributed by atoms with Crippen LogP contribution >= 0.6 is 15.9 Å². The van der Waals surface area contributed by atoms with E-state index in [0.29, 0.717) is 16.6 Å². The summed E-state index contributed by atoms with van der Waals surface area (Å²) in [5, 5.41) is 0.952. The lowest BCUT2D eigenvalue weighted by Crippen LogP contribution is -2.47. The Morgan fingerprint density at radius 2 is 2.04 bits per heavy atom. The molecular weight excluding hydrogens is 426 g/mol. The van der Waals surface area contributed by atoms with E-state index >= 15 is 0 Å². The van der Waals surface area contributed by atoms with E-state index in [9.17, 15) is 17.6 Å². The maximum atomic E-state index is 14.7. The van der Waals surface area contributed by atoms with Crippen LogP contribution in [-0.4, -0.2) is 33.6 Å². The van der Waals surface area contributed by atoms with Gasteiger partial charge >= 0.3 is 6.18 Å². The number of H-pyrrole nitrogens is 1. The predicted octanol–water partition coefficient (Wildman–Crippen LogP) is 5.36. The second-order valence-electron chi connectivity index (χ2n) is 6.83. The second kappa shape index (κ2) is 6.60. The molecule has 3 aromatic rings. The van der Waals surface area contributed by atoms with Gasteiger partial charge in [-0.15, -0.1) is 0 Å². The number of nitrogens with one attached hydrogen (secondary N) is 1. The lowest BCUT2D eigenvalue weighted by molar-refractivity contribution is -0.155. The molecule has 1 aliphatic heterocycles. The lowest BCUT2D eigenvalue weighted by atomic mass is 9.90. The molecule has 0 aliphatic carbocycles. The van der Waals surface area contributed by atoms with Crippen LogP contribution in [-0.2, 0) is 6.42 Å². The molecule has 0 fully saturated rings. The van der Waals surface area contributed by atoms with Crippen molar-refractivity contribution in [1.29, 1.82) is 0 Å². The van der Waals surface area contributed by atoms with Crippen molar-refractivity contribution >= 4 is 26.8 Å². The van der Waals surface area contributed by atoms with Crippen molar-refractivity contribution in [3.63, 3.8) is 0 Å². The number of nitrogens with zero attached hydrogens (tertiary/aromatic N) is 2. The number of benzene rings is 1. The summed E-state index contributed by atoms with van der Waals surface area (Å²) < 4.78 is 55.0. The highest BCUT2D eigenvalue weighted by molar-refractivity contribution is 9.10. The van der Waals surface area contributed by atoms with Gasteiger partial charge in [0.25, 0.3) is 0 Å². The van der Waals surface area contributed by atoms with Gasteiger partial charge in [-0.2, -0.15) is 13.2 Å². The zero-order chi connectivity index (χ0) is 19.3. The Labute approximate surface area is 161 Å². The van der Waals surface area contributed by atoms with Crippen molar-refractivity contribution < 1.29 is 17.6 Å². The lowest BCUT2D eigenvalue weighted by Gasteiger charge is -2.40. The Morgan fingerprint density at radius 3 is 2.74 bits per heavy atom. The molecule has 0 saturated heterocycles. The highest BCUT2D eigenvalue weighted by atomic mass is 79.9. The van der Waals surface area contributed by atoms with E-state index in [2.05, 4.69) is 25.9 Å². The number of rotatable bonds is 2. The predicted molar refractivity (Wildman–Crippen MR) is 98.0 cm³/mol. The van der Waals surface area contributed by atoms with Crippen molar-refractivity contribution in [2.45, 2.75) is 31.6 Å². The molecule has 2 aromatic heterocycles. The van der Waals surface area contributed by atoms with Gasteiger partial charge in [-0.25, -0.2) is 4.39 Å². The Kier molecular flexibility index (Phi) is 4.50. The van der Waals surface area contributed by atoms with Gasteiger partial charge in [0.2, 0.25) is 0 Å². The van der Waals surface area contributed by atoms with E-state index in [1.54, 1.807) is 6.92 Å². The van der Waals surface area contributed by atoms with Gasteiger partial charge in [0, 0.05) is 33.3 Å². The standard InChI is InChI=1S/C19H16BrF4N3/c1-10-6-13-12-4-2-3-5-15(12)26-16(13)18(27(10)9-19(22,23)24)17-14(21)7-11(20)8-25-17/h2-5,7-8,10,18,26H,6,9H2,1H3/t10-,18+/m1/s1. The molecule has 0 amide bonds. The topological polar surface area (TPSA) is 31.9 Å². The van der Waals surface area contributed by atoms with E-state index < -0.39 is 30.6 Å². The van der Waals surface area contributed by atoms with Crippen LogP contribution in [0, 0.1) is 5.82 Å². The molecule has 0 spiro atoms. The van der Waals surface area contributed by atoms with Crippen molar-refractivity contribution in [3.05, 3.63) is 63.8 Å². The first-order chi connectivity index (χ1) is 12.7. The smallest absolute Gasteiger partial charge is 0.357 e. The Balaban J connectivity index is 1.93. The van der Waals surface area contributed by atoms with Crippen LogP contribution in [0.5, 0.6) is 0 Å². The fourth-order valence-corrected chi connectivity index (χ4v) is 4.18. The van der Waals surface area contributed by atoms with Gasteiger partial charge in [0.05, 0.1) is 18.3 Å². The number of fused-ring (bicyclic) bond motifs is 3. The maximum absolute atomic E-state index is 14.7. The summed E-state index contributed by atoms with van der Waals surface area (Å²) in [4.78, 5) is 8.62. The summed E-state index contributed by atoms with van der Waals surface area (Å²) in [6, 6.07) is 7.41. The number of aromatic amines is 1. The monoisotopic (exact) mass is 441 g/mol. The van der Waals surface area contributed by atoms with Gasteiger partial charge in [0.1, 0.15) is 5.82 Å². The summed E-state index contributed by atoms with van der Waals surface area (Å²) in [6.07, 6.45) is -2.54. The van der Waals surface area contributed by atoms with Crippen LogP contribution in [0.4, 0.5) is 17.6 Å². The number of hydrogen-bond acceptors (Lipinski definition) is 2. The number of pyridine rings is 1. The third-order valence-electron chi connectivity index (χ3n) is 4.97. The van der Waals surface area contributed by atoms with Crippen molar-refractivity contribution in [2.75, 3.05) is 6.54 Å². The third kappa shape index (κ3) is 3.36. The molecule has 1 aliphatic rings. The highest BCUT2D eigenvalue weighted by Crippen LogP contribution is 2.42. The number of aromatic nitrogens is 2. The average Bonchev–Trinajstić information content (AvgIpc) is 2.93. The number of para-hydroxylation sites is 1. The SMILES string of the molecule is C[C@@H]1Cc2c([nH]c3ccccc23)[C@@H](c2ncc(Br)cc2F)N1CC(F)(F)F.